The Kier molecular flexibility index (Phi) is 25.9. The number of esters is 9. The molecule has 27 heteroatoms. The zero-order valence-corrected chi connectivity index (χ0v) is 42.6. The molecule has 0 spiro atoms. The summed E-state index contributed by atoms with van der Waals surface area (Å²) in [5.74, 6) is -8.08. The molecular weight excluding hydrogens is 982 g/mol. The monoisotopic (exact) mass is 1050 g/mol. The lowest BCUT2D eigenvalue weighted by molar-refractivity contribution is -0.353. The van der Waals surface area contributed by atoms with Crippen LogP contribution in [0.1, 0.15) is 107 Å². The number of hydrogen-bond acceptors (Lipinski definition) is 26. The molecule has 0 aromatic rings. The fourth-order valence-electron chi connectivity index (χ4n) is 8.09. The Morgan fingerprint density at radius 3 is 1.30 bits per heavy atom. The van der Waals surface area contributed by atoms with Gasteiger partial charge in [-0.25, -0.2) is 0 Å². The maximum Gasteiger partial charge on any atom is 0.305 e. The van der Waals surface area contributed by atoms with Gasteiger partial charge in [0.05, 0.1) is 13.7 Å². The minimum absolute atomic E-state index is 0.00194. The average Bonchev–Trinajstić information content (AvgIpc) is 3.28. The molecule has 0 unspecified atom stereocenters. The fraction of sp³-hybridized carbons (Fsp3) is 0.783. The van der Waals surface area contributed by atoms with E-state index < -0.39 is 166 Å². The van der Waals surface area contributed by atoms with E-state index in [0.29, 0.717) is 19.3 Å². The first-order valence-electron chi connectivity index (χ1n) is 23.6. The summed E-state index contributed by atoms with van der Waals surface area (Å²) in [6.07, 6.45) is -18.8. The number of aliphatic hydroxyl groups excluding tert-OH is 1. The number of ether oxygens (including phenoxy) is 15. The molecule has 0 aliphatic carbocycles. The van der Waals surface area contributed by atoms with Crippen molar-refractivity contribution >= 4 is 59.6 Å². The number of amides is 1. The molecule has 0 radical (unpaired) electrons. The van der Waals surface area contributed by atoms with Crippen molar-refractivity contribution in [3.05, 3.63) is 0 Å². The molecule has 414 valence electrons. The molecule has 3 heterocycles. The highest BCUT2D eigenvalue weighted by molar-refractivity contribution is 5.73. The van der Waals surface area contributed by atoms with E-state index in [4.69, 9.17) is 66.3 Å². The van der Waals surface area contributed by atoms with E-state index in [1.807, 2.05) is 0 Å². The van der Waals surface area contributed by atoms with Crippen molar-refractivity contribution in [2.75, 3.05) is 33.5 Å². The maximum absolute atomic E-state index is 12.9. The van der Waals surface area contributed by atoms with Crippen LogP contribution in [0.3, 0.4) is 0 Å². The highest BCUT2D eigenvalue weighted by Gasteiger charge is 2.57. The summed E-state index contributed by atoms with van der Waals surface area (Å²) < 4.78 is 85.4. The van der Waals surface area contributed by atoms with Crippen molar-refractivity contribution in [1.82, 2.24) is 5.32 Å². The van der Waals surface area contributed by atoms with Crippen LogP contribution < -0.4 is 5.32 Å². The normalized spacial score (nSPS) is 29.8. The van der Waals surface area contributed by atoms with E-state index in [1.165, 1.54) is 7.11 Å². The predicted molar refractivity (Wildman–Crippen MR) is 237 cm³/mol. The molecule has 3 fully saturated rings. The number of rotatable bonds is 26. The molecular formula is C46H69NO26. The zero-order chi connectivity index (χ0) is 54.5. The first-order chi connectivity index (χ1) is 34.4. The van der Waals surface area contributed by atoms with Gasteiger partial charge in [0, 0.05) is 75.3 Å². The smallest absolute Gasteiger partial charge is 0.305 e. The predicted octanol–water partition coefficient (Wildman–Crippen LogP) is 0.0652. The van der Waals surface area contributed by atoms with Gasteiger partial charge in [0.25, 0.3) is 0 Å². The van der Waals surface area contributed by atoms with Gasteiger partial charge in [-0.2, -0.15) is 0 Å². The van der Waals surface area contributed by atoms with Crippen LogP contribution in [-0.2, 0) is 119 Å². The van der Waals surface area contributed by atoms with Crippen LogP contribution in [-0.4, -0.2) is 190 Å². The molecule has 73 heavy (non-hydrogen) atoms. The number of nitrogens with one attached hydrogen (secondary N) is 1. The van der Waals surface area contributed by atoms with Gasteiger partial charge in [0.1, 0.15) is 49.8 Å². The molecule has 3 aliphatic rings. The lowest BCUT2D eigenvalue weighted by atomic mass is 9.94. The lowest BCUT2D eigenvalue weighted by Gasteiger charge is -2.49. The lowest BCUT2D eigenvalue weighted by Crippen LogP contribution is -2.69. The number of aliphatic hydroxyl groups is 1. The molecule has 3 rings (SSSR count). The van der Waals surface area contributed by atoms with Crippen LogP contribution >= 0.6 is 0 Å². The fourth-order valence-corrected chi connectivity index (χ4v) is 8.09. The summed E-state index contributed by atoms with van der Waals surface area (Å²) in [6.45, 7) is 7.51. The highest BCUT2D eigenvalue weighted by Crippen LogP contribution is 2.35. The second-order valence-corrected chi connectivity index (χ2v) is 17.1. The molecule has 0 saturated carbocycles. The summed E-state index contributed by atoms with van der Waals surface area (Å²) in [7, 11) is 1.32. The Hall–Kier alpha value is -5.58. The number of hydrogen-bond donors (Lipinski definition) is 2. The van der Waals surface area contributed by atoms with E-state index in [0.717, 1.165) is 81.6 Å². The molecule has 15 atom stereocenters. The summed E-state index contributed by atoms with van der Waals surface area (Å²) in [4.78, 5) is 123. The summed E-state index contributed by atoms with van der Waals surface area (Å²) >= 11 is 0. The Labute approximate surface area is 421 Å². The summed E-state index contributed by atoms with van der Waals surface area (Å²) in [5.41, 5.74) is 0. The Balaban J connectivity index is 2.12. The standard InChI is InChI=1S/C46H69NO26/c1-22(48)47-35-39(73-46-43(69-30(9)56)41(67-28(7)54)38(65-26(5)52)33(72-46)21-62-24(3)50)36(58)31(70-44(35)60-18-16-14-12-11-13-15-17-34(57)59-10)19-63-45-42(68-29(8)55)40(66-27(6)53)37(64-25(4)51)32(71-45)20-61-23(2)49/h31-33,35-46,58H,11-21H2,1-10H3,(H,47,48)/t31-,32-,33-,35-,36-,37+,38+,39-,40+,41+,42-,43-,44-,45-,46+/m1/s1. The molecule has 0 aromatic carbocycles. The third-order valence-corrected chi connectivity index (χ3v) is 10.9. The van der Waals surface area contributed by atoms with Crippen LogP contribution in [0, 0.1) is 0 Å². The van der Waals surface area contributed by atoms with Crippen LogP contribution in [0.25, 0.3) is 0 Å². The molecule has 2 N–H and O–H groups in total. The number of carbonyl (C=O) groups is 10. The van der Waals surface area contributed by atoms with Gasteiger partial charge in [-0.15, -0.1) is 0 Å². The quantitative estimate of drug-likeness (QED) is 0.0657. The molecule has 1 amide bonds. The third kappa shape index (κ3) is 20.7. The Bertz CT molecular complexity index is 1900. The van der Waals surface area contributed by atoms with E-state index in [-0.39, 0.29) is 19.0 Å². The SMILES string of the molecule is COC(=O)CCCCCCCCO[C@@H]1O[C@H](CO[C@@H]2O[C@H](COC(C)=O)[C@H](OC(C)=O)[C@H](OC(C)=O)[C@H]2OC(C)=O)[C@@H](O)[C@H](O[C@@H]2O[C@H](COC(C)=O)[C@H](OC(C)=O)[C@H](OC(C)=O)[C@H]2OC(C)=O)[C@H]1NC(C)=O. The average molecular weight is 1050 g/mol. The minimum atomic E-state index is -1.92. The number of carbonyl (C=O) groups excluding carboxylic acids is 10. The Morgan fingerprint density at radius 2 is 0.849 bits per heavy atom. The number of methoxy groups -OCH3 is 1. The highest BCUT2D eigenvalue weighted by atomic mass is 16.8. The minimum Gasteiger partial charge on any atom is -0.469 e. The zero-order valence-electron chi connectivity index (χ0n) is 42.6. The van der Waals surface area contributed by atoms with Gasteiger partial charge in [0.2, 0.25) is 5.91 Å². The van der Waals surface area contributed by atoms with E-state index >= 15 is 0 Å². The second-order valence-electron chi connectivity index (χ2n) is 17.1. The van der Waals surface area contributed by atoms with Crippen molar-refractivity contribution in [2.24, 2.45) is 0 Å². The first kappa shape index (κ1) is 61.7. The summed E-state index contributed by atoms with van der Waals surface area (Å²) in [6, 6.07) is -1.44. The third-order valence-electron chi connectivity index (χ3n) is 10.9. The van der Waals surface area contributed by atoms with E-state index in [2.05, 4.69) is 10.1 Å². The van der Waals surface area contributed by atoms with Crippen molar-refractivity contribution in [3.63, 3.8) is 0 Å². The van der Waals surface area contributed by atoms with Crippen LogP contribution in [0.5, 0.6) is 0 Å². The second kappa shape index (κ2) is 30.6. The number of unbranched alkanes of at least 4 members (excludes halogenated alkanes) is 5. The van der Waals surface area contributed by atoms with Crippen molar-refractivity contribution in [3.8, 4) is 0 Å². The topological polar surface area (TPSA) is 341 Å². The summed E-state index contributed by atoms with van der Waals surface area (Å²) in [5, 5.41) is 15.0. The van der Waals surface area contributed by atoms with Gasteiger partial charge in [-0.1, -0.05) is 25.7 Å². The molecule has 3 aliphatic heterocycles. The molecule has 0 bridgehead atoms. The molecule has 27 nitrogen and oxygen atoms in total. The molecule has 0 aromatic heterocycles. The largest absolute Gasteiger partial charge is 0.469 e. The molecule has 3 saturated heterocycles. The Morgan fingerprint density at radius 1 is 0.438 bits per heavy atom. The van der Waals surface area contributed by atoms with Gasteiger partial charge < -0.3 is 81.5 Å². The van der Waals surface area contributed by atoms with Crippen LogP contribution in [0.2, 0.25) is 0 Å². The van der Waals surface area contributed by atoms with E-state index in [1.54, 1.807) is 0 Å². The van der Waals surface area contributed by atoms with Crippen LogP contribution in [0.4, 0.5) is 0 Å². The van der Waals surface area contributed by atoms with Gasteiger partial charge >= 0.3 is 53.7 Å². The van der Waals surface area contributed by atoms with Gasteiger partial charge in [-0.3, -0.25) is 47.9 Å². The first-order valence-corrected chi connectivity index (χ1v) is 23.6. The van der Waals surface area contributed by atoms with Crippen molar-refractivity contribution in [1.29, 1.82) is 0 Å². The van der Waals surface area contributed by atoms with Crippen LogP contribution in [0.15, 0.2) is 0 Å². The van der Waals surface area contributed by atoms with Gasteiger partial charge in [0.15, 0.2) is 55.5 Å². The van der Waals surface area contributed by atoms with Gasteiger partial charge in [-0.05, 0) is 12.8 Å². The van der Waals surface area contributed by atoms with Crippen molar-refractivity contribution < 1.29 is 124 Å². The van der Waals surface area contributed by atoms with E-state index in [9.17, 15) is 53.1 Å². The van der Waals surface area contributed by atoms with Crippen molar-refractivity contribution in [2.45, 2.75) is 199 Å². The maximum atomic E-state index is 12.9.